The Hall–Kier alpha value is -3.16. The maximum Gasteiger partial charge on any atom is 0.329 e. The first-order valence-electron chi connectivity index (χ1n) is 8.62. The number of nitrogens with zero attached hydrogens (tertiary/aromatic N) is 3. The van der Waals surface area contributed by atoms with Crippen LogP contribution in [0.4, 0.5) is 10.5 Å². The normalized spacial score (nSPS) is 20.4. The molecule has 134 valence electrons. The van der Waals surface area contributed by atoms with Crippen molar-refractivity contribution in [3.05, 3.63) is 47.8 Å². The van der Waals surface area contributed by atoms with E-state index in [4.69, 9.17) is 0 Å². The summed E-state index contributed by atoms with van der Waals surface area (Å²) in [5.41, 5.74) is 2.23. The monoisotopic (exact) mass is 353 g/mol. The highest BCUT2D eigenvalue weighted by Crippen LogP contribution is 2.26. The summed E-state index contributed by atoms with van der Waals surface area (Å²) in [5.74, 6) is -0.0789. The Kier molecular flexibility index (Phi) is 4.16. The zero-order valence-corrected chi connectivity index (χ0v) is 14.1. The van der Waals surface area contributed by atoms with Crippen LogP contribution in [-0.4, -0.2) is 52.6 Å². The number of urea groups is 1. The molecule has 1 atom stereocenters. The average molecular weight is 353 g/mol. The molecule has 2 N–H and O–H groups in total. The number of H-pyrrole nitrogens is 1. The fourth-order valence-corrected chi connectivity index (χ4v) is 3.53. The van der Waals surface area contributed by atoms with Gasteiger partial charge in [-0.2, -0.15) is 5.10 Å². The molecular weight excluding hydrogens is 334 g/mol. The number of rotatable bonds is 3. The molecular formula is C18H19N5O3. The van der Waals surface area contributed by atoms with E-state index in [1.807, 2.05) is 11.0 Å². The van der Waals surface area contributed by atoms with Crippen molar-refractivity contribution in [2.75, 3.05) is 24.5 Å². The van der Waals surface area contributed by atoms with E-state index in [9.17, 15) is 14.4 Å². The molecule has 0 radical (unpaired) electrons. The number of aromatic nitrogens is 2. The summed E-state index contributed by atoms with van der Waals surface area (Å²) in [6.45, 7) is 1.39. The van der Waals surface area contributed by atoms with Crippen molar-refractivity contribution in [3.8, 4) is 0 Å². The molecule has 0 saturated carbocycles. The largest absolute Gasteiger partial charge is 0.338 e. The number of hydrogen-bond acceptors (Lipinski definition) is 4. The third-order valence-electron chi connectivity index (χ3n) is 4.89. The van der Waals surface area contributed by atoms with Gasteiger partial charge in [-0.3, -0.25) is 24.9 Å². The van der Waals surface area contributed by atoms with Gasteiger partial charge in [0.25, 0.3) is 5.91 Å². The molecule has 3 heterocycles. The second-order valence-electron chi connectivity index (χ2n) is 6.59. The van der Waals surface area contributed by atoms with E-state index in [0.717, 1.165) is 25.1 Å². The number of carbonyl (C=O) groups excluding carboxylic acids is 3. The lowest BCUT2D eigenvalue weighted by molar-refractivity contribution is -0.117. The van der Waals surface area contributed by atoms with Crippen molar-refractivity contribution in [1.29, 1.82) is 0 Å². The summed E-state index contributed by atoms with van der Waals surface area (Å²) in [6.07, 6.45) is 3.71. The van der Waals surface area contributed by atoms with Gasteiger partial charge in [-0.15, -0.1) is 0 Å². The molecule has 1 unspecified atom stereocenters. The van der Waals surface area contributed by atoms with Gasteiger partial charge >= 0.3 is 6.03 Å². The molecule has 2 aromatic rings. The Bertz CT molecular complexity index is 831. The van der Waals surface area contributed by atoms with Crippen LogP contribution in [0.15, 0.2) is 36.5 Å². The van der Waals surface area contributed by atoms with Crippen molar-refractivity contribution in [2.45, 2.75) is 18.8 Å². The van der Waals surface area contributed by atoms with E-state index in [2.05, 4.69) is 15.5 Å². The predicted molar refractivity (Wildman–Crippen MR) is 93.8 cm³/mol. The third-order valence-corrected chi connectivity index (χ3v) is 4.89. The van der Waals surface area contributed by atoms with Crippen LogP contribution in [-0.2, 0) is 4.79 Å². The minimum absolute atomic E-state index is 0.00408. The van der Waals surface area contributed by atoms with Gasteiger partial charge in [-0.1, -0.05) is 0 Å². The highest BCUT2D eigenvalue weighted by Gasteiger charge is 2.29. The molecule has 0 bridgehead atoms. The van der Waals surface area contributed by atoms with Crippen molar-refractivity contribution >= 4 is 23.5 Å². The van der Waals surface area contributed by atoms with Gasteiger partial charge in [0.1, 0.15) is 6.54 Å². The Morgan fingerprint density at radius 1 is 1.15 bits per heavy atom. The molecule has 0 spiro atoms. The van der Waals surface area contributed by atoms with Crippen LogP contribution in [0.25, 0.3) is 0 Å². The standard InChI is InChI=1S/C18H19N5O3/c24-16-11-23(18(26)20-16)14-5-3-12(4-6-14)17(25)22-9-1-2-13(10-22)15-7-8-19-21-15/h3-8,13H,1-2,9-11H2,(H,19,21)(H,20,24,26). The summed E-state index contributed by atoms with van der Waals surface area (Å²) >= 11 is 0. The van der Waals surface area contributed by atoms with E-state index < -0.39 is 6.03 Å². The molecule has 4 rings (SSSR count). The molecule has 2 aliphatic heterocycles. The number of carbonyl (C=O) groups is 3. The number of anilines is 1. The van der Waals surface area contributed by atoms with Crippen LogP contribution in [0, 0.1) is 0 Å². The second kappa shape index (κ2) is 6.62. The van der Waals surface area contributed by atoms with Gasteiger partial charge in [0.15, 0.2) is 0 Å². The summed E-state index contributed by atoms with van der Waals surface area (Å²) in [6, 6.07) is 8.31. The van der Waals surface area contributed by atoms with Gasteiger partial charge in [0.05, 0.1) is 0 Å². The Labute approximate surface area is 150 Å². The third kappa shape index (κ3) is 3.05. The number of imide groups is 1. The Morgan fingerprint density at radius 2 is 1.96 bits per heavy atom. The number of nitrogens with one attached hydrogen (secondary N) is 2. The van der Waals surface area contributed by atoms with Gasteiger partial charge in [0, 0.05) is 42.1 Å². The predicted octanol–water partition coefficient (Wildman–Crippen LogP) is 1.49. The van der Waals surface area contributed by atoms with Crippen LogP contribution in [0.5, 0.6) is 0 Å². The van der Waals surface area contributed by atoms with Crippen LogP contribution in [0.3, 0.4) is 0 Å². The first kappa shape index (κ1) is 16.3. The van der Waals surface area contributed by atoms with E-state index in [0.29, 0.717) is 17.8 Å². The molecule has 2 fully saturated rings. The molecule has 2 aliphatic rings. The average Bonchev–Trinajstić information content (AvgIpc) is 3.31. The molecule has 1 aromatic heterocycles. The number of likely N-dealkylation sites (tertiary alicyclic amines) is 1. The zero-order chi connectivity index (χ0) is 18.1. The SMILES string of the molecule is O=C1CN(c2ccc(C(=O)N3CCCC(c4ccn[nH]4)C3)cc2)C(=O)N1. The van der Waals surface area contributed by atoms with E-state index in [1.165, 1.54) is 4.90 Å². The van der Waals surface area contributed by atoms with Crippen molar-refractivity contribution in [2.24, 2.45) is 0 Å². The molecule has 2 saturated heterocycles. The minimum Gasteiger partial charge on any atom is -0.338 e. The first-order valence-corrected chi connectivity index (χ1v) is 8.62. The summed E-state index contributed by atoms with van der Waals surface area (Å²) in [7, 11) is 0. The highest BCUT2D eigenvalue weighted by atomic mass is 16.2. The summed E-state index contributed by atoms with van der Waals surface area (Å²) in [4.78, 5) is 39.0. The van der Waals surface area contributed by atoms with E-state index in [1.54, 1.807) is 30.5 Å². The first-order chi connectivity index (χ1) is 12.6. The lowest BCUT2D eigenvalue weighted by Gasteiger charge is -2.32. The van der Waals surface area contributed by atoms with Crippen molar-refractivity contribution in [1.82, 2.24) is 20.4 Å². The lowest BCUT2D eigenvalue weighted by atomic mass is 9.94. The minimum atomic E-state index is -0.437. The van der Waals surface area contributed by atoms with Crippen LogP contribution in [0.2, 0.25) is 0 Å². The molecule has 4 amide bonds. The van der Waals surface area contributed by atoms with Crippen molar-refractivity contribution < 1.29 is 14.4 Å². The van der Waals surface area contributed by atoms with Crippen molar-refractivity contribution in [3.63, 3.8) is 0 Å². The van der Waals surface area contributed by atoms with Gasteiger partial charge < -0.3 is 4.90 Å². The van der Waals surface area contributed by atoms with Crippen LogP contribution >= 0.6 is 0 Å². The molecule has 8 nitrogen and oxygen atoms in total. The maximum atomic E-state index is 12.8. The Balaban J connectivity index is 1.46. The van der Waals surface area contributed by atoms with E-state index >= 15 is 0 Å². The fourth-order valence-electron chi connectivity index (χ4n) is 3.53. The smallest absolute Gasteiger partial charge is 0.329 e. The highest BCUT2D eigenvalue weighted by molar-refractivity contribution is 6.12. The Morgan fingerprint density at radius 3 is 2.62 bits per heavy atom. The number of aromatic amines is 1. The maximum absolute atomic E-state index is 12.8. The molecule has 26 heavy (non-hydrogen) atoms. The van der Waals surface area contributed by atoms with Crippen LogP contribution < -0.4 is 10.2 Å². The number of benzene rings is 1. The summed E-state index contributed by atoms with van der Waals surface area (Å²) < 4.78 is 0. The van der Waals surface area contributed by atoms with Gasteiger partial charge in [-0.25, -0.2) is 4.79 Å². The topological polar surface area (TPSA) is 98.4 Å². The number of piperidine rings is 1. The number of hydrogen-bond donors (Lipinski definition) is 2. The second-order valence-corrected chi connectivity index (χ2v) is 6.59. The van der Waals surface area contributed by atoms with Gasteiger partial charge in [-0.05, 0) is 43.2 Å². The zero-order valence-electron chi connectivity index (χ0n) is 14.1. The lowest BCUT2D eigenvalue weighted by Crippen LogP contribution is -2.39. The quantitative estimate of drug-likeness (QED) is 0.817. The fraction of sp³-hybridized carbons (Fsp3) is 0.333. The summed E-state index contributed by atoms with van der Waals surface area (Å²) in [5, 5.41) is 9.23. The van der Waals surface area contributed by atoms with Crippen LogP contribution in [0.1, 0.15) is 34.8 Å². The molecule has 0 aliphatic carbocycles. The van der Waals surface area contributed by atoms with E-state index in [-0.39, 0.29) is 24.3 Å². The molecule has 8 heteroatoms. The molecule has 1 aromatic carbocycles. The number of amides is 4. The van der Waals surface area contributed by atoms with Gasteiger partial charge in [0.2, 0.25) is 5.91 Å².